The average Bonchev–Trinajstić information content (AvgIpc) is 3.10. The molecule has 2 amide bonds. The molecule has 0 aliphatic carbocycles. The quantitative estimate of drug-likeness (QED) is 0.411. The summed E-state index contributed by atoms with van der Waals surface area (Å²) >= 11 is 0.924. The molecule has 1 aliphatic heterocycles. The molecule has 1 fully saturated rings. The maximum atomic E-state index is 13.1. The molecule has 33 heavy (non-hydrogen) atoms. The minimum atomic E-state index is -4.64. The topological polar surface area (TPSA) is 126 Å². The van der Waals surface area contributed by atoms with Gasteiger partial charge in [0.1, 0.15) is 5.25 Å². The molecule has 0 bridgehead atoms. The van der Waals surface area contributed by atoms with Crippen LogP contribution in [-0.4, -0.2) is 27.2 Å². The van der Waals surface area contributed by atoms with Gasteiger partial charge in [-0.3, -0.25) is 25.1 Å². The van der Waals surface area contributed by atoms with Crippen LogP contribution >= 0.6 is 11.8 Å². The van der Waals surface area contributed by atoms with E-state index in [9.17, 15) is 32.9 Å². The Morgan fingerprint density at radius 3 is 2.52 bits per heavy atom. The number of anilines is 1. The number of halogens is 3. The van der Waals surface area contributed by atoms with Crippen LogP contribution in [0.15, 0.2) is 60.2 Å². The Hall–Kier alpha value is -3.87. The first kappa shape index (κ1) is 23.8. The third-order valence-corrected chi connectivity index (χ3v) is 5.45. The Morgan fingerprint density at radius 2 is 1.88 bits per heavy atom. The van der Waals surface area contributed by atoms with Gasteiger partial charge in [0.15, 0.2) is 5.17 Å². The van der Waals surface area contributed by atoms with Crippen LogP contribution in [0.25, 0.3) is 5.70 Å². The van der Waals surface area contributed by atoms with Gasteiger partial charge in [0, 0.05) is 18.6 Å². The second kappa shape index (κ2) is 9.73. The SMILES string of the molecule is C=C(N/N=C1\NC(=O)[C@@H](CC(=O)Nc2ccccc2C(F)(F)F)S1)c1ccc([N+](=O)[O-])cc1. The number of nitrogens with one attached hydrogen (secondary N) is 3. The molecule has 1 heterocycles. The van der Waals surface area contributed by atoms with E-state index < -0.39 is 39.4 Å². The zero-order chi connectivity index (χ0) is 24.2. The van der Waals surface area contributed by atoms with Crippen LogP contribution < -0.4 is 16.1 Å². The van der Waals surface area contributed by atoms with Crippen molar-refractivity contribution in [1.82, 2.24) is 10.7 Å². The number of hydrazone groups is 1. The molecule has 0 saturated carbocycles. The number of non-ortho nitro benzene ring substituents is 1. The predicted octanol–water partition coefficient (Wildman–Crippen LogP) is 3.71. The highest BCUT2D eigenvalue weighted by molar-refractivity contribution is 8.15. The number of thioether (sulfide) groups is 1. The Kier molecular flexibility index (Phi) is 7.01. The number of alkyl halides is 3. The zero-order valence-corrected chi connectivity index (χ0v) is 17.5. The summed E-state index contributed by atoms with van der Waals surface area (Å²) in [6, 6.07) is 10.1. The van der Waals surface area contributed by atoms with Crippen LogP contribution in [0.4, 0.5) is 24.5 Å². The largest absolute Gasteiger partial charge is 0.418 e. The van der Waals surface area contributed by atoms with Gasteiger partial charge in [0.05, 0.1) is 21.9 Å². The molecule has 0 aromatic heterocycles. The van der Waals surface area contributed by atoms with Gasteiger partial charge in [-0.05, 0) is 29.8 Å². The molecular weight excluding hydrogens is 463 g/mol. The van der Waals surface area contributed by atoms with Crippen LogP contribution in [0.3, 0.4) is 0 Å². The second-order valence-corrected chi connectivity index (χ2v) is 7.89. The van der Waals surface area contributed by atoms with E-state index in [4.69, 9.17) is 0 Å². The fraction of sp³-hybridized carbons (Fsp3) is 0.150. The lowest BCUT2D eigenvalue weighted by Gasteiger charge is -2.14. The maximum absolute atomic E-state index is 13.1. The Morgan fingerprint density at radius 1 is 1.21 bits per heavy atom. The first-order valence-corrected chi connectivity index (χ1v) is 10.1. The first-order valence-electron chi connectivity index (χ1n) is 9.25. The number of benzene rings is 2. The fourth-order valence-electron chi connectivity index (χ4n) is 2.77. The van der Waals surface area contributed by atoms with E-state index in [0.29, 0.717) is 11.3 Å². The standard InChI is InChI=1S/C20H16F3N5O4S/c1-11(12-6-8-13(9-7-12)28(31)32)26-27-19-25-18(30)16(33-19)10-17(29)24-15-5-3-2-4-14(15)20(21,22)23/h2-9,16,26H,1,10H2,(H,24,29)(H,25,27,30)/t16-/m1/s1. The highest BCUT2D eigenvalue weighted by atomic mass is 32.2. The number of amides is 2. The van der Waals surface area contributed by atoms with Crippen molar-refractivity contribution in [2.24, 2.45) is 5.10 Å². The van der Waals surface area contributed by atoms with E-state index in [-0.39, 0.29) is 17.3 Å². The summed E-state index contributed by atoms with van der Waals surface area (Å²) in [6.07, 6.45) is -5.01. The number of hydrogen-bond acceptors (Lipinski definition) is 7. The average molecular weight is 479 g/mol. The molecule has 1 aliphatic rings. The highest BCUT2D eigenvalue weighted by Crippen LogP contribution is 2.34. The lowest BCUT2D eigenvalue weighted by atomic mass is 10.1. The summed E-state index contributed by atoms with van der Waals surface area (Å²) in [5, 5.41) is 18.6. The number of para-hydroxylation sites is 1. The molecule has 0 unspecified atom stereocenters. The van der Waals surface area contributed by atoms with Gasteiger partial charge in [0.2, 0.25) is 11.8 Å². The minimum Gasteiger partial charge on any atom is -0.325 e. The second-order valence-electron chi connectivity index (χ2n) is 6.70. The minimum absolute atomic E-state index is 0.0875. The number of rotatable bonds is 7. The molecule has 9 nitrogen and oxygen atoms in total. The van der Waals surface area contributed by atoms with E-state index in [1.807, 2.05) is 0 Å². The van der Waals surface area contributed by atoms with E-state index in [0.717, 1.165) is 23.9 Å². The van der Waals surface area contributed by atoms with Crippen molar-refractivity contribution in [3.63, 3.8) is 0 Å². The summed E-state index contributed by atoms with van der Waals surface area (Å²) in [5.74, 6) is -1.29. The first-order chi connectivity index (χ1) is 15.5. The summed E-state index contributed by atoms with van der Waals surface area (Å²) < 4.78 is 39.2. The van der Waals surface area contributed by atoms with Crippen LogP contribution in [-0.2, 0) is 15.8 Å². The lowest BCUT2D eigenvalue weighted by Crippen LogP contribution is -2.28. The molecule has 1 saturated heterocycles. The van der Waals surface area contributed by atoms with Crippen LogP contribution in [0.5, 0.6) is 0 Å². The number of hydrogen-bond donors (Lipinski definition) is 3. The molecule has 0 radical (unpaired) electrons. The van der Waals surface area contributed by atoms with Crippen molar-refractivity contribution >= 4 is 45.8 Å². The maximum Gasteiger partial charge on any atom is 0.418 e. The molecule has 0 spiro atoms. The van der Waals surface area contributed by atoms with Gasteiger partial charge in [0.25, 0.3) is 5.69 Å². The number of carbonyl (C=O) groups is 2. The van der Waals surface area contributed by atoms with E-state index >= 15 is 0 Å². The number of nitro benzene ring substituents is 1. The van der Waals surface area contributed by atoms with Gasteiger partial charge >= 0.3 is 6.18 Å². The number of carbonyl (C=O) groups excluding carboxylic acids is 2. The number of amidine groups is 1. The fourth-order valence-corrected chi connectivity index (χ4v) is 3.70. The Balaban J connectivity index is 1.58. The molecule has 1 atom stereocenters. The Labute approximate surface area is 189 Å². The third-order valence-electron chi connectivity index (χ3n) is 4.37. The monoisotopic (exact) mass is 479 g/mol. The van der Waals surface area contributed by atoms with Gasteiger partial charge in [-0.25, -0.2) is 0 Å². The van der Waals surface area contributed by atoms with Crippen molar-refractivity contribution in [3.8, 4) is 0 Å². The number of nitro groups is 1. The van der Waals surface area contributed by atoms with E-state index in [1.54, 1.807) is 0 Å². The smallest absolute Gasteiger partial charge is 0.325 e. The van der Waals surface area contributed by atoms with Gasteiger partial charge in [-0.2, -0.15) is 13.2 Å². The Bertz CT molecular complexity index is 1140. The third kappa shape index (κ3) is 6.10. The van der Waals surface area contributed by atoms with Gasteiger partial charge in [-0.15, -0.1) is 5.10 Å². The molecular formula is C20H16F3N5O4S. The molecule has 3 N–H and O–H groups in total. The van der Waals surface area contributed by atoms with Crippen molar-refractivity contribution in [2.75, 3.05) is 5.32 Å². The molecule has 172 valence electrons. The highest BCUT2D eigenvalue weighted by Gasteiger charge is 2.35. The van der Waals surface area contributed by atoms with Crippen molar-refractivity contribution < 1.29 is 27.7 Å². The normalized spacial score (nSPS) is 16.9. The van der Waals surface area contributed by atoms with Crippen molar-refractivity contribution in [3.05, 3.63) is 76.4 Å². The molecule has 13 heteroatoms. The van der Waals surface area contributed by atoms with E-state index in [1.165, 1.54) is 36.4 Å². The van der Waals surface area contributed by atoms with Gasteiger partial charge in [-0.1, -0.05) is 30.5 Å². The summed E-state index contributed by atoms with van der Waals surface area (Å²) in [5.41, 5.74) is 1.97. The number of nitrogens with zero attached hydrogens (tertiary/aromatic N) is 2. The van der Waals surface area contributed by atoms with Crippen LogP contribution in [0.2, 0.25) is 0 Å². The summed E-state index contributed by atoms with van der Waals surface area (Å²) in [6.45, 7) is 3.76. The van der Waals surface area contributed by atoms with Crippen molar-refractivity contribution in [1.29, 1.82) is 0 Å². The summed E-state index contributed by atoms with van der Waals surface area (Å²) in [4.78, 5) is 34.5. The van der Waals surface area contributed by atoms with Gasteiger partial charge < -0.3 is 10.6 Å². The van der Waals surface area contributed by atoms with E-state index in [2.05, 4.69) is 27.7 Å². The molecule has 3 rings (SSSR count). The molecule has 2 aromatic rings. The van der Waals surface area contributed by atoms with Crippen LogP contribution in [0, 0.1) is 10.1 Å². The lowest BCUT2D eigenvalue weighted by molar-refractivity contribution is -0.384. The predicted molar refractivity (Wildman–Crippen MR) is 117 cm³/mol. The molecule has 2 aromatic carbocycles. The zero-order valence-electron chi connectivity index (χ0n) is 16.7. The van der Waals surface area contributed by atoms with Crippen molar-refractivity contribution in [2.45, 2.75) is 17.8 Å². The summed E-state index contributed by atoms with van der Waals surface area (Å²) in [7, 11) is 0. The van der Waals surface area contributed by atoms with Crippen LogP contribution in [0.1, 0.15) is 17.5 Å².